The lowest BCUT2D eigenvalue weighted by atomic mass is 10.2. The summed E-state index contributed by atoms with van der Waals surface area (Å²) in [4.78, 5) is 10.7. The molecule has 0 aliphatic heterocycles. The summed E-state index contributed by atoms with van der Waals surface area (Å²) in [5.74, 6) is -1.54. The summed E-state index contributed by atoms with van der Waals surface area (Å²) in [6.45, 7) is 1.27. The molecule has 0 atom stereocenters. The summed E-state index contributed by atoms with van der Waals surface area (Å²) < 4.78 is 56.9. The highest BCUT2D eigenvalue weighted by molar-refractivity contribution is 5.74. The maximum Gasteiger partial charge on any atom is 0.416 e. The molecule has 2 aromatic rings. The molecule has 0 saturated carbocycles. The number of alkyl halides is 3. The first kappa shape index (κ1) is 16.6. The number of nitrogens with one attached hydrogen (secondary N) is 2. The van der Waals surface area contributed by atoms with Crippen LogP contribution in [0.4, 0.5) is 23.2 Å². The van der Waals surface area contributed by atoms with Crippen molar-refractivity contribution in [1.29, 1.82) is 0 Å². The van der Waals surface area contributed by atoms with E-state index < -0.39 is 17.6 Å². The van der Waals surface area contributed by atoms with Crippen LogP contribution in [0.15, 0.2) is 42.5 Å². The lowest BCUT2D eigenvalue weighted by molar-refractivity contribution is -0.137. The van der Waals surface area contributed by atoms with Crippen molar-refractivity contribution in [2.24, 2.45) is 0 Å². The topological polar surface area (TPSA) is 50.4 Å². The van der Waals surface area contributed by atoms with Gasteiger partial charge in [-0.25, -0.2) is 4.39 Å². The molecule has 0 heterocycles. The Labute approximate surface area is 129 Å². The predicted octanol–water partition coefficient (Wildman–Crippen LogP) is 4.10. The number of hydrazine groups is 1. The number of carbonyl (C=O) groups is 1. The van der Waals surface area contributed by atoms with Gasteiger partial charge in [0.05, 0.1) is 11.3 Å². The first-order valence-electron chi connectivity index (χ1n) is 6.43. The van der Waals surface area contributed by atoms with Gasteiger partial charge in [0.2, 0.25) is 5.91 Å². The third kappa shape index (κ3) is 4.60. The molecule has 4 nitrogen and oxygen atoms in total. The van der Waals surface area contributed by atoms with E-state index in [0.717, 1.165) is 18.2 Å². The van der Waals surface area contributed by atoms with Gasteiger partial charge in [0.15, 0.2) is 11.6 Å². The minimum atomic E-state index is -4.51. The van der Waals surface area contributed by atoms with Crippen LogP contribution in [0.25, 0.3) is 0 Å². The highest BCUT2D eigenvalue weighted by atomic mass is 19.4. The predicted molar refractivity (Wildman–Crippen MR) is 75.4 cm³/mol. The lowest BCUT2D eigenvalue weighted by Crippen LogP contribution is -2.26. The van der Waals surface area contributed by atoms with Crippen LogP contribution in [0, 0.1) is 5.82 Å². The highest BCUT2D eigenvalue weighted by Gasteiger charge is 2.30. The van der Waals surface area contributed by atoms with Gasteiger partial charge < -0.3 is 4.74 Å². The summed E-state index contributed by atoms with van der Waals surface area (Å²) >= 11 is 0. The molecule has 0 aromatic heterocycles. The molecule has 122 valence electrons. The van der Waals surface area contributed by atoms with E-state index in [1.54, 1.807) is 0 Å². The van der Waals surface area contributed by atoms with Crippen LogP contribution in [0.2, 0.25) is 0 Å². The molecule has 2 rings (SSSR count). The Kier molecular flexibility index (Phi) is 4.73. The standard InChI is InChI=1S/C15H12F4N2O2/c1-9(22)20-21-11-5-6-14(13(16)8-11)23-12-4-2-3-10(7-12)15(17,18)19/h2-8,21H,1H3,(H,20,22). The average Bonchev–Trinajstić information content (AvgIpc) is 2.47. The summed E-state index contributed by atoms with van der Waals surface area (Å²) in [5.41, 5.74) is 4.09. The molecule has 0 unspecified atom stereocenters. The third-order valence-electron chi connectivity index (χ3n) is 2.70. The molecule has 0 aliphatic rings. The third-order valence-corrected chi connectivity index (χ3v) is 2.70. The monoisotopic (exact) mass is 328 g/mol. The van der Waals surface area contributed by atoms with Gasteiger partial charge in [0.25, 0.3) is 0 Å². The number of hydrogen-bond donors (Lipinski definition) is 2. The molecule has 0 spiro atoms. The Morgan fingerprint density at radius 2 is 1.87 bits per heavy atom. The normalized spacial score (nSPS) is 11.0. The van der Waals surface area contributed by atoms with Crippen molar-refractivity contribution in [3.05, 3.63) is 53.8 Å². The Hall–Kier alpha value is -2.77. The molecule has 23 heavy (non-hydrogen) atoms. The molecule has 8 heteroatoms. The molecule has 0 bridgehead atoms. The second-order valence-corrected chi connectivity index (χ2v) is 4.58. The Morgan fingerprint density at radius 1 is 1.13 bits per heavy atom. The Morgan fingerprint density at radius 3 is 2.48 bits per heavy atom. The van der Waals surface area contributed by atoms with Crippen molar-refractivity contribution >= 4 is 11.6 Å². The number of anilines is 1. The van der Waals surface area contributed by atoms with Crippen LogP contribution in [0.1, 0.15) is 12.5 Å². The molecule has 1 amide bonds. The maximum atomic E-state index is 13.9. The summed E-state index contributed by atoms with van der Waals surface area (Å²) in [6.07, 6.45) is -4.51. The van der Waals surface area contributed by atoms with Crippen LogP contribution in [-0.2, 0) is 11.0 Å². The van der Waals surface area contributed by atoms with Crippen LogP contribution in [0.3, 0.4) is 0 Å². The second kappa shape index (κ2) is 6.55. The minimum absolute atomic E-state index is 0.138. The number of rotatable bonds is 4. The van der Waals surface area contributed by atoms with Gasteiger partial charge in [-0.3, -0.25) is 15.6 Å². The number of hydrogen-bond acceptors (Lipinski definition) is 3. The summed E-state index contributed by atoms with van der Waals surface area (Å²) in [5, 5.41) is 0. The van der Waals surface area contributed by atoms with Crippen LogP contribution in [0.5, 0.6) is 11.5 Å². The minimum Gasteiger partial charge on any atom is -0.454 e. The first-order chi connectivity index (χ1) is 10.8. The van der Waals surface area contributed by atoms with E-state index in [0.29, 0.717) is 0 Å². The van der Waals surface area contributed by atoms with E-state index >= 15 is 0 Å². The molecule has 0 aliphatic carbocycles. The van der Waals surface area contributed by atoms with Gasteiger partial charge in [-0.15, -0.1) is 0 Å². The molecule has 0 saturated heterocycles. The Bertz CT molecular complexity index is 717. The first-order valence-corrected chi connectivity index (χ1v) is 6.43. The van der Waals surface area contributed by atoms with Crippen molar-refractivity contribution in [3.8, 4) is 11.5 Å². The molecule has 0 fully saturated rings. The van der Waals surface area contributed by atoms with Crippen molar-refractivity contribution in [1.82, 2.24) is 5.43 Å². The van der Waals surface area contributed by atoms with Gasteiger partial charge in [-0.05, 0) is 30.3 Å². The van der Waals surface area contributed by atoms with Gasteiger partial charge >= 0.3 is 6.18 Å². The highest BCUT2D eigenvalue weighted by Crippen LogP contribution is 2.33. The number of ether oxygens (including phenoxy) is 1. The van der Waals surface area contributed by atoms with Crippen molar-refractivity contribution in [3.63, 3.8) is 0 Å². The van der Waals surface area contributed by atoms with E-state index in [9.17, 15) is 22.4 Å². The fraction of sp³-hybridized carbons (Fsp3) is 0.133. The zero-order chi connectivity index (χ0) is 17.0. The van der Waals surface area contributed by atoms with E-state index in [-0.39, 0.29) is 23.1 Å². The molecular weight excluding hydrogens is 316 g/mol. The van der Waals surface area contributed by atoms with E-state index in [2.05, 4.69) is 10.9 Å². The van der Waals surface area contributed by atoms with Crippen molar-refractivity contribution in [2.75, 3.05) is 5.43 Å². The van der Waals surface area contributed by atoms with E-state index in [1.165, 1.54) is 31.2 Å². The SMILES string of the molecule is CC(=O)NNc1ccc(Oc2cccc(C(F)(F)F)c2)c(F)c1. The molecule has 0 radical (unpaired) electrons. The van der Waals surface area contributed by atoms with E-state index in [1.807, 2.05) is 0 Å². The van der Waals surface area contributed by atoms with Crippen molar-refractivity contribution < 1.29 is 27.1 Å². The average molecular weight is 328 g/mol. The van der Waals surface area contributed by atoms with Crippen molar-refractivity contribution in [2.45, 2.75) is 13.1 Å². The quantitative estimate of drug-likeness (QED) is 0.656. The fourth-order valence-electron chi connectivity index (χ4n) is 1.68. The van der Waals surface area contributed by atoms with E-state index in [4.69, 9.17) is 4.74 Å². The number of benzene rings is 2. The zero-order valence-corrected chi connectivity index (χ0v) is 11.9. The zero-order valence-electron chi connectivity index (χ0n) is 11.9. The van der Waals surface area contributed by atoms with Crippen LogP contribution in [-0.4, -0.2) is 5.91 Å². The molecule has 2 aromatic carbocycles. The number of halogens is 4. The largest absolute Gasteiger partial charge is 0.454 e. The van der Waals surface area contributed by atoms with Gasteiger partial charge in [-0.2, -0.15) is 13.2 Å². The smallest absolute Gasteiger partial charge is 0.416 e. The van der Waals surface area contributed by atoms with Crippen LogP contribution >= 0.6 is 0 Å². The van der Waals surface area contributed by atoms with Gasteiger partial charge in [0.1, 0.15) is 5.75 Å². The summed E-state index contributed by atoms with van der Waals surface area (Å²) in [6, 6.07) is 7.81. The fourth-order valence-corrected chi connectivity index (χ4v) is 1.68. The number of carbonyl (C=O) groups excluding carboxylic acids is 1. The number of amides is 1. The Balaban J connectivity index is 2.16. The molecular formula is C15H12F4N2O2. The van der Waals surface area contributed by atoms with Gasteiger partial charge in [0, 0.05) is 13.0 Å². The second-order valence-electron chi connectivity index (χ2n) is 4.58. The van der Waals surface area contributed by atoms with Gasteiger partial charge in [-0.1, -0.05) is 6.07 Å². The van der Waals surface area contributed by atoms with Crippen LogP contribution < -0.4 is 15.6 Å². The maximum absolute atomic E-state index is 13.9. The molecule has 2 N–H and O–H groups in total. The summed E-state index contributed by atoms with van der Waals surface area (Å²) in [7, 11) is 0. The lowest BCUT2D eigenvalue weighted by Gasteiger charge is -2.12.